The van der Waals surface area contributed by atoms with Gasteiger partial charge in [0.15, 0.2) is 0 Å². The van der Waals surface area contributed by atoms with Crippen LogP contribution in [-0.2, 0) is 0 Å². The van der Waals surface area contributed by atoms with E-state index in [0.29, 0.717) is 16.8 Å². The topological polar surface area (TPSA) is 69.7 Å². The Hall–Kier alpha value is -2.27. The van der Waals surface area contributed by atoms with E-state index in [0.717, 1.165) is 5.01 Å². The van der Waals surface area contributed by atoms with E-state index in [9.17, 15) is 14.6 Å². The number of aromatic hydroxyl groups is 2. The molecule has 0 bridgehead atoms. The van der Waals surface area contributed by atoms with E-state index < -0.39 is 5.82 Å². The molecule has 0 aliphatic heterocycles. The summed E-state index contributed by atoms with van der Waals surface area (Å²) < 4.78 is 13.9. The Morgan fingerprint density at radius 3 is 2.26 bits per heavy atom. The summed E-state index contributed by atoms with van der Waals surface area (Å²) in [5.41, 5.74) is 1.59. The van der Waals surface area contributed by atoms with Gasteiger partial charge in [-0.2, -0.15) is 0 Å². The summed E-state index contributed by atoms with van der Waals surface area (Å²) in [6, 6.07) is 7.23. The molecule has 0 radical (unpaired) electrons. The fourth-order valence-electron chi connectivity index (χ4n) is 1.72. The van der Waals surface area contributed by atoms with Gasteiger partial charge in [0, 0.05) is 12.1 Å². The highest BCUT2D eigenvalue weighted by atomic mass is 19.1. The maximum absolute atomic E-state index is 13.9. The van der Waals surface area contributed by atoms with Crippen molar-refractivity contribution in [2.75, 3.05) is 5.01 Å². The molecule has 0 heterocycles. The largest absolute Gasteiger partial charge is 0.508 e. The van der Waals surface area contributed by atoms with Gasteiger partial charge >= 0.3 is 0 Å². The zero-order valence-electron chi connectivity index (χ0n) is 10.7. The normalized spacial score (nSPS) is 10.5. The van der Waals surface area contributed by atoms with E-state index in [4.69, 9.17) is 5.84 Å². The van der Waals surface area contributed by atoms with Crippen LogP contribution in [0.1, 0.15) is 11.1 Å². The number of phenolic OH excluding ortho intramolecular Hbond substituents is 2. The molecule has 0 fully saturated rings. The lowest BCUT2D eigenvalue weighted by Gasteiger charge is -2.20. The second kappa shape index (κ2) is 4.78. The van der Waals surface area contributed by atoms with Gasteiger partial charge in [-0.05, 0) is 37.1 Å². The maximum Gasteiger partial charge on any atom is 0.148 e. The zero-order chi connectivity index (χ0) is 14.2. The molecule has 5 heteroatoms. The Bertz CT molecular complexity index is 629. The van der Waals surface area contributed by atoms with E-state index in [-0.39, 0.29) is 17.2 Å². The van der Waals surface area contributed by atoms with Crippen LogP contribution < -0.4 is 10.9 Å². The van der Waals surface area contributed by atoms with Gasteiger partial charge in [-0.15, -0.1) is 0 Å². The molecular formula is C14H15FN2O2. The van der Waals surface area contributed by atoms with Crippen LogP contribution in [0.2, 0.25) is 0 Å². The van der Waals surface area contributed by atoms with E-state index in [1.165, 1.54) is 18.2 Å². The number of phenols is 2. The van der Waals surface area contributed by atoms with Crippen molar-refractivity contribution in [3.8, 4) is 11.5 Å². The number of rotatable bonds is 2. The number of aryl methyl sites for hydroxylation is 2. The van der Waals surface area contributed by atoms with Gasteiger partial charge in [0.25, 0.3) is 0 Å². The number of hydrazine groups is 1. The van der Waals surface area contributed by atoms with Crippen molar-refractivity contribution in [3.63, 3.8) is 0 Å². The summed E-state index contributed by atoms with van der Waals surface area (Å²) in [5, 5.41) is 20.3. The molecule has 0 spiro atoms. The Morgan fingerprint density at radius 2 is 1.63 bits per heavy atom. The molecule has 2 aromatic rings. The molecule has 2 aromatic carbocycles. The second-order valence-electron chi connectivity index (χ2n) is 4.43. The molecule has 19 heavy (non-hydrogen) atoms. The van der Waals surface area contributed by atoms with Crippen LogP contribution in [0.4, 0.5) is 15.8 Å². The molecule has 0 aromatic heterocycles. The van der Waals surface area contributed by atoms with Gasteiger partial charge in [-0.1, -0.05) is 6.07 Å². The third-order valence-electron chi connectivity index (χ3n) is 3.00. The predicted molar refractivity (Wildman–Crippen MR) is 72.0 cm³/mol. The monoisotopic (exact) mass is 262 g/mol. The van der Waals surface area contributed by atoms with Crippen LogP contribution >= 0.6 is 0 Å². The highest BCUT2D eigenvalue weighted by Gasteiger charge is 2.14. The average molecular weight is 262 g/mol. The van der Waals surface area contributed by atoms with Crippen molar-refractivity contribution >= 4 is 11.4 Å². The molecule has 0 atom stereocenters. The molecular weight excluding hydrogens is 247 g/mol. The van der Waals surface area contributed by atoms with Crippen molar-refractivity contribution in [2.45, 2.75) is 13.8 Å². The number of hydrogen-bond donors (Lipinski definition) is 3. The zero-order valence-corrected chi connectivity index (χ0v) is 10.7. The predicted octanol–water partition coefficient (Wildman–Crippen LogP) is 2.87. The highest BCUT2D eigenvalue weighted by Crippen LogP contribution is 2.32. The van der Waals surface area contributed by atoms with Crippen molar-refractivity contribution in [1.29, 1.82) is 0 Å². The molecule has 0 amide bonds. The van der Waals surface area contributed by atoms with Crippen LogP contribution in [-0.4, -0.2) is 10.2 Å². The minimum atomic E-state index is -0.544. The smallest absolute Gasteiger partial charge is 0.148 e. The molecule has 0 saturated carbocycles. The van der Waals surface area contributed by atoms with Gasteiger partial charge in [0.1, 0.15) is 17.3 Å². The summed E-state index contributed by atoms with van der Waals surface area (Å²) in [7, 11) is 0. The Labute approximate surface area is 110 Å². The van der Waals surface area contributed by atoms with Gasteiger partial charge in [0.2, 0.25) is 0 Å². The van der Waals surface area contributed by atoms with E-state index in [1.54, 1.807) is 26.0 Å². The van der Waals surface area contributed by atoms with E-state index in [2.05, 4.69) is 0 Å². The van der Waals surface area contributed by atoms with Crippen molar-refractivity contribution in [1.82, 2.24) is 0 Å². The number of hydrogen-bond acceptors (Lipinski definition) is 4. The van der Waals surface area contributed by atoms with E-state index in [1.807, 2.05) is 0 Å². The number of benzene rings is 2. The SMILES string of the molecule is Cc1ccc(N(N)c2cc(O)c(C)cc2F)cc1O. The molecule has 0 aliphatic carbocycles. The van der Waals surface area contributed by atoms with Crippen LogP contribution in [0.5, 0.6) is 11.5 Å². The van der Waals surface area contributed by atoms with Crippen LogP contribution in [0.3, 0.4) is 0 Å². The first-order chi connectivity index (χ1) is 8.90. The van der Waals surface area contributed by atoms with Crippen molar-refractivity contribution in [2.24, 2.45) is 5.84 Å². The van der Waals surface area contributed by atoms with Crippen LogP contribution in [0.15, 0.2) is 30.3 Å². The first-order valence-electron chi connectivity index (χ1n) is 5.73. The Balaban J connectivity index is 2.46. The lowest BCUT2D eigenvalue weighted by molar-refractivity contribution is 0.468. The molecule has 0 unspecified atom stereocenters. The fraction of sp³-hybridized carbons (Fsp3) is 0.143. The fourth-order valence-corrected chi connectivity index (χ4v) is 1.72. The van der Waals surface area contributed by atoms with Gasteiger partial charge in [-0.3, -0.25) is 5.01 Å². The van der Waals surface area contributed by atoms with Crippen molar-refractivity contribution in [3.05, 3.63) is 47.3 Å². The lowest BCUT2D eigenvalue weighted by Crippen LogP contribution is -2.25. The summed E-state index contributed by atoms with van der Waals surface area (Å²) in [5.74, 6) is 5.32. The minimum absolute atomic E-state index is 0.0337. The number of anilines is 2. The third-order valence-corrected chi connectivity index (χ3v) is 3.00. The molecule has 100 valence electrons. The minimum Gasteiger partial charge on any atom is -0.508 e. The van der Waals surface area contributed by atoms with Crippen molar-refractivity contribution < 1.29 is 14.6 Å². The third kappa shape index (κ3) is 2.46. The Morgan fingerprint density at radius 1 is 1.00 bits per heavy atom. The summed E-state index contributed by atoms with van der Waals surface area (Å²) in [6.07, 6.45) is 0. The Kier molecular flexibility index (Phi) is 3.31. The number of halogens is 1. The highest BCUT2D eigenvalue weighted by molar-refractivity contribution is 5.66. The van der Waals surface area contributed by atoms with Gasteiger partial charge in [0.05, 0.1) is 11.4 Å². The molecule has 4 N–H and O–H groups in total. The lowest BCUT2D eigenvalue weighted by atomic mass is 10.1. The molecule has 0 saturated heterocycles. The standard InChI is InChI=1S/C14H15FN2O2/c1-8-3-4-10(6-13(8)18)17(16)12-7-14(19)9(2)5-11(12)15/h3-7,18-19H,16H2,1-2H3. The molecule has 2 rings (SSSR count). The summed E-state index contributed by atoms with van der Waals surface area (Å²) in [6.45, 7) is 3.35. The first kappa shape index (κ1) is 13.2. The quantitative estimate of drug-likeness (QED) is 0.575. The van der Waals surface area contributed by atoms with Crippen LogP contribution in [0.25, 0.3) is 0 Å². The number of nitrogens with zero attached hydrogens (tertiary/aromatic N) is 1. The van der Waals surface area contributed by atoms with Gasteiger partial charge < -0.3 is 10.2 Å². The van der Waals surface area contributed by atoms with Gasteiger partial charge in [-0.25, -0.2) is 10.2 Å². The van der Waals surface area contributed by atoms with E-state index >= 15 is 0 Å². The molecule has 0 aliphatic rings. The maximum atomic E-state index is 13.9. The second-order valence-corrected chi connectivity index (χ2v) is 4.43. The summed E-state index contributed by atoms with van der Waals surface area (Å²) in [4.78, 5) is 0. The van der Waals surface area contributed by atoms with Crippen LogP contribution in [0, 0.1) is 19.7 Å². The first-order valence-corrected chi connectivity index (χ1v) is 5.73. The summed E-state index contributed by atoms with van der Waals surface area (Å²) >= 11 is 0. The molecule has 4 nitrogen and oxygen atoms in total. The average Bonchev–Trinajstić information content (AvgIpc) is 2.36. The number of nitrogens with two attached hydrogens (primary N) is 1.